The molecule has 0 spiro atoms. The molecule has 1 aromatic carbocycles. The fraction of sp³-hybridized carbons (Fsp3) is 0.581. The van der Waals surface area contributed by atoms with Crippen LogP contribution in [0.5, 0.6) is 5.75 Å². The van der Waals surface area contributed by atoms with Crippen LogP contribution in [0, 0.1) is 17.8 Å². The van der Waals surface area contributed by atoms with Crippen molar-refractivity contribution < 1.29 is 39.9 Å². The molecule has 12 heteroatoms. The predicted octanol–water partition coefficient (Wildman–Crippen LogP) is 0.624. The number of nitrogens with two attached hydrogens (primary N) is 1. The van der Waals surface area contributed by atoms with Gasteiger partial charge in [0.2, 0.25) is 5.78 Å². The number of carbonyl (C=O) groups excluding carboxylic acids is 3. The van der Waals surface area contributed by atoms with Crippen LogP contribution in [0.15, 0.2) is 23.0 Å². The first kappa shape index (κ1) is 31.0. The molecule has 3 aliphatic carbocycles. The molecule has 4 aliphatic rings. The van der Waals surface area contributed by atoms with Crippen LogP contribution in [0.2, 0.25) is 0 Å². The molecule has 1 aliphatic heterocycles. The Bertz CT molecular complexity index is 1420. The lowest BCUT2D eigenvalue weighted by molar-refractivity contribution is -0.153. The second kappa shape index (κ2) is 11.2. The van der Waals surface area contributed by atoms with Crippen molar-refractivity contribution >= 4 is 28.9 Å². The topological polar surface area (TPSA) is 188 Å². The van der Waals surface area contributed by atoms with Crippen molar-refractivity contribution in [2.45, 2.75) is 50.3 Å². The number of aliphatic hydroxyl groups is 4. The number of primary amides is 1. The van der Waals surface area contributed by atoms with Crippen LogP contribution in [-0.2, 0) is 27.3 Å². The van der Waals surface area contributed by atoms with Crippen LogP contribution >= 0.6 is 0 Å². The number of rotatable bonds is 7. The Morgan fingerprint density at radius 1 is 1.12 bits per heavy atom. The summed E-state index contributed by atoms with van der Waals surface area (Å²) >= 11 is 0. The Morgan fingerprint density at radius 3 is 2.33 bits per heavy atom. The molecule has 5 rings (SSSR count). The maximum atomic E-state index is 14.1. The van der Waals surface area contributed by atoms with E-state index in [0.717, 1.165) is 43.6 Å². The summed E-state index contributed by atoms with van der Waals surface area (Å²) in [5.41, 5.74) is 4.16. The number of anilines is 1. The maximum absolute atomic E-state index is 14.1. The van der Waals surface area contributed by atoms with Gasteiger partial charge in [0.1, 0.15) is 22.8 Å². The fourth-order valence-electron chi connectivity index (χ4n) is 7.90. The van der Waals surface area contributed by atoms with E-state index in [4.69, 9.17) is 5.73 Å². The van der Waals surface area contributed by atoms with E-state index in [-0.39, 0.29) is 36.3 Å². The smallest absolute Gasteiger partial charge is 0.255 e. The Morgan fingerprint density at radius 2 is 1.77 bits per heavy atom. The number of likely N-dealkylation sites (tertiary alicyclic amines) is 1. The van der Waals surface area contributed by atoms with Crippen molar-refractivity contribution in [3.63, 3.8) is 0 Å². The fourth-order valence-corrected chi connectivity index (χ4v) is 7.90. The maximum Gasteiger partial charge on any atom is 0.255 e. The van der Waals surface area contributed by atoms with Gasteiger partial charge in [-0.25, -0.2) is 0 Å². The number of benzene rings is 1. The van der Waals surface area contributed by atoms with Gasteiger partial charge >= 0.3 is 0 Å². The summed E-state index contributed by atoms with van der Waals surface area (Å²) < 4.78 is 0. The van der Waals surface area contributed by atoms with Gasteiger partial charge in [0.25, 0.3) is 5.91 Å². The highest BCUT2D eigenvalue weighted by Gasteiger charge is 2.64. The number of piperidine rings is 1. The molecule has 0 bridgehead atoms. The second-order valence-corrected chi connectivity index (χ2v) is 12.8. The molecule has 4 atom stereocenters. The predicted molar refractivity (Wildman–Crippen MR) is 158 cm³/mol. The molecule has 1 saturated carbocycles. The summed E-state index contributed by atoms with van der Waals surface area (Å²) in [5.74, 6) is -6.12. The number of hydrogen-bond donors (Lipinski definition) is 6. The lowest BCUT2D eigenvalue weighted by Crippen LogP contribution is -2.65. The minimum atomic E-state index is -2.66. The Kier molecular flexibility index (Phi) is 8.10. The molecule has 1 heterocycles. The Hall–Kier alpha value is -3.45. The number of aliphatic hydroxyl groups excluding tert-OH is 3. The van der Waals surface area contributed by atoms with Gasteiger partial charge in [0.15, 0.2) is 11.4 Å². The van der Waals surface area contributed by atoms with Gasteiger partial charge in [-0.3, -0.25) is 24.2 Å². The van der Waals surface area contributed by atoms with Crippen molar-refractivity contribution in [1.82, 2.24) is 9.80 Å². The van der Waals surface area contributed by atoms with E-state index in [2.05, 4.69) is 4.90 Å². The van der Waals surface area contributed by atoms with E-state index < -0.39 is 58.0 Å². The molecule has 43 heavy (non-hydrogen) atoms. The quantitative estimate of drug-likeness (QED) is 0.242. The van der Waals surface area contributed by atoms with Crippen molar-refractivity contribution in [2.75, 3.05) is 52.8 Å². The first-order valence-corrected chi connectivity index (χ1v) is 14.8. The van der Waals surface area contributed by atoms with Gasteiger partial charge in [-0.05, 0) is 88.3 Å². The zero-order chi connectivity index (χ0) is 31.5. The normalized spacial score (nSPS) is 28.2. The molecule has 1 saturated heterocycles. The van der Waals surface area contributed by atoms with E-state index in [0.29, 0.717) is 18.0 Å². The Balaban J connectivity index is 1.60. The standard InChI is InChI=1S/C31H42N4O8/c1-33(2)24-17(14-35-8-5-15(6-9-35)7-10-36)13-20(37)22-18(24)11-16-12-19-25(34(3)4)27(39)23(30(32)42)29(41)31(19,43)28(40)21(16)26(22)38/h13,15-16,19,25,36-38,41,43H,5-12,14H2,1-4H3,(H2,32,42)/t16-,19-,25-,31-/m0/s1. The SMILES string of the molecule is CN(C)c1c(CN2CCC(CCO)CC2)cc(O)c2c1C[C@H]1C[C@H]3[C@H](N(C)C)C(=O)C(C(N)=O)=C(O)[C@@]3(O)C(=O)C1=C2O. The number of amides is 1. The molecular weight excluding hydrogens is 556 g/mol. The zero-order valence-corrected chi connectivity index (χ0v) is 25.1. The molecule has 0 radical (unpaired) electrons. The molecular formula is C31H42N4O8. The number of hydrogen-bond acceptors (Lipinski definition) is 11. The van der Waals surface area contributed by atoms with Gasteiger partial charge in [0, 0.05) is 44.4 Å². The van der Waals surface area contributed by atoms with Gasteiger partial charge in [-0.2, -0.15) is 0 Å². The van der Waals surface area contributed by atoms with Crippen LogP contribution in [0.3, 0.4) is 0 Å². The van der Waals surface area contributed by atoms with E-state index in [1.165, 1.54) is 4.90 Å². The van der Waals surface area contributed by atoms with Crippen LogP contribution in [0.25, 0.3) is 5.76 Å². The highest BCUT2D eigenvalue weighted by Crippen LogP contribution is 2.54. The van der Waals surface area contributed by atoms with Gasteiger partial charge in [0.05, 0.1) is 11.6 Å². The minimum absolute atomic E-state index is 0.0436. The van der Waals surface area contributed by atoms with Gasteiger partial charge in [-0.1, -0.05) is 0 Å². The third-order valence-electron chi connectivity index (χ3n) is 9.86. The molecule has 12 nitrogen and oxygen atoms in total. The average Bonchev–Trinajstić information content (AvgIpc) is 2.91. The summed E-state index contributed by atoms with van der Waals surface area (Å²) in [6.07, 6.45) is 3.02. The number of carbonyl (C=O) groups is 3. The summed E-state index contributed by atoms with van der Waals surface area (Å²) in [6.45, 7) is 2.45. The monoisotopic (exact) mass is 598 g/mol. The van der Waals surface area contributed by atoms with E-state index in [1.54, 1.807) is 20.2 Å². The highest BCUT2D eigenvalue weighted by molar-refractivity contribution is 6.24. The number of phenolic OH excluding ortho intramolecular Hbond substituents is 1. The van der Waals surface area contributed by atoms with Crippen LogP contribution < -0.4 is 10.6 Å². The summed E-state index contributed by atoms with van der Waals surface area (Å²) in [6, 6.07) is 0.471. The van der Waals surface area contributed by atoms with Crippen molar-refractivity contribution in [1.29, 1.82) is 0 Å². The summed E-state index contributed by atoms with van der Waals surface area (Å²) in [7, 11) is 6.91. The minimum Gasteiger partial charge on any atom is -0.508 e. The third kappa shape index (κ3) is 4.80. The first-order chi connectivity index (χ1) is 20.2. The molecule has 0 aromatic heterocycles. The summed E-state index contributed by atoms with van der Waals surface area (Å²) in [5, 5.41) is 54.9. The zero-order valence-electron chi connectivity index (χ0n) is 25.1. The molecule has 234 valence electrons. The number of Topliss-reactive ketones (excluding diaryl/α,β-unsaturated/α-hetero) is 2. The average molecular weight is 599 g/mol. The van der Waals surface area contributed by atoms with Crippen molar-refractivity contribution in [2.24, 2.45) is 23.5 Å². The molecule has 7 N–H and O–H groups in total. The molecule has 1 amide bonds. The van der Waals surface area contributed by atoms with E-state index in [9.17, 15) is 39.9 Å². The molecule has 1 aromatic rings. The number of nitrogens with zero attached hydrogens (tertiary/aromatic N) is 3. The van der Waals surface area contributed by atoms with Crippen molar-refractivity contribution in [3.05, 3.63) is 39.7 Å². The van der Waals surface area contributed by atoms with Crippen molar-refractivity contribution in [3.8, 4) is 5.75 Å². The van der Waals surface area contributed by atoms with E-state index in [1.807, 2.05) is 19.0 Å². The number of phenols is 1. The number of fused-ring (bicyclic) bond motifs is 3. The largest absolute Gasteiger partial charge is 0.508 e. The van der Waals surface area contributed by atoms with E-state index >= 15 is 0 Å². The second-order valence-electron chi connectivity index (χ2n) is 12.8. The van der Waals surface area contributed by atoms with Gasteiger partial charge in [-0.15, -0.1) is 0 Å². The third-order valence-corrected chi connectivity index (χ3v) is 9.86. The lowest BCUT2D eigenvalue weighted by Gasteiger charge is -2.50. The first-order valence-electron chi connectivity index (χ1n) is 14.8. The molecule has 0 unspecified atom stereocenters. The van der Waals surface area contributed by atoms with Crippen LogP contribution in [-0.4, -0.2) is 112 Å². The van der Waals surface area contributed by atoms with Crippen LogP contribution in [0.4, 0.5) is 5.69 Å². The van der Waals surface area contributed by atoms with Gasteiger partial charge < -0.3 is 36.2 Å². The lowest BCUT2D eigenvalue weighted by atomic mass is 9.57. The molecule has 2 fully saturated rings. The Labute approximate surface area is 250 Å². The summed E-state index contributed by atoms with van der Waals surface area (Å²) in [4.78, 5) is 45.3. The number of ketones is 2. The number of aromatic hydroxyl groups is 1. The number of likely N-dealkylation sites (N-methyl/N-ethyl adjacent to an activating group) is 1. The highest BCUT2D eigenvalue weighted by atomic mass is 16.3. The van der Waals surface area contributed by atoms with Crippen LogP contribution in [0.1, 0.15) is 42.4 Å².